The number of nitrogens with one attached hydrogen (secondary N) is 1. The van der Waals surface area contributed by atoms with Crippen LogP contribution in [0, 0.1) is 0 Å². The number of carbonyl (C=O) groups excluding carboxylic acids is 1. The third kappa shape index (κ3) is 4.05. The van der Waals surface area contributed by atoms with E-state index in [1.54, 1.807) is 14.2 Å². The van der Waals surface area contributed by atoms with Crippen molar-refractivity contribution in [1.82, 2.24) is 20.4 Å². The quantitative estimate of drug-likeness (QED) is 0.821. The second kappa shape index (κ2) is 8.08. The number of hydrogen-bond donors (Lipinski definition) is 1. The molecule has 2 aliphatic rings. The number of likely N-dealkylation sites (tertiary alicyclic amines) is 1. The molecule has 1 saturated heterocycles. The largest absolute Gasteiger partial charge is 0.493 e. The monoisotopic (exact) mass is 386 g/mol. The van der Waals surface area contributed by atoms with E-state index in [9.17, 15) is 4.79 Å². The number of carbonyl (C=O) groups is 1. The maximum Gasteiger partial charge on any atom is 0.317 e. The molecule has 1 N–H and O–H groups in total. The number of amides is 2. The summed E-state index contributed by atoms with van der Waals surface area (Å²) in [6, 6.07) is 5.57. The molecule has 8 nitrogen and oxygen atoms in total. The van der Waals surface area contributed by atoms with Gasteiger partial charge in [0, 0.05) is 31.5 Å². The van der Waals surface area contributed by atoms with Gasteiger partial charge in [-0.15, -0.1) is 10.2 Å². The molecule has 2 heterocycles. The molecule has 2 amide bonds. The van der Waals surface area contributed by atoms with Gasteiger partial charge in [0.1, 0.15) is 0 Å². The molecule has 8 heteroatoms. The molecule has 0 bridgehead atoms. The van der Waals surface area contributed by atoms with Crippen molar-refractivity contribution in [3.8, 4) is 11.5 Å². The second-order valence-electron chi connectivity index (χ2n) is 7.36. The van der Waals surface area contributed by atoms with Crippen LogP contribution in [0.4, 0.5) is 4.79 Å². The minimum absolute atomic E-state index is 0.0579. The van der Waals surface area contributed by atoms with Gasteiger partial charge in [-0.05, 0) is 43.4 Å². The Kier molecular flexibility index (Phi) is 5.36. The molecule has 0 unspecified atom stereocenters. The lowest BCUT2D eigenvalue weighted by molar-refractivity contribution is 0.176. The first-order valence-corrected chi connectivity index (χ1v) is 9.75. The van der Waals surface area contributed by atoms with E-state index >= 15 is 0 Å². The van der Waals surface area contributed by atoms with Crippen molar-refractivity contribution < 1.29 is 18.7 Å². The summed E-state index contributed by atoms with van der Waals surface area (Å²) < 4.78 is 16.4. The van der Waals surface area contributed by atoms with Crippen LogP contribution in [-0.2, 0) is 6.54 Å². The first-order chi connectivity index (χ1) is 13.7. The Hall–Kier alpha value is -2.77. The van der Waals surface area contributed by atoms with Crippen molar-refractivity contribution >= 4 is 6.03 Å². The number of benzene rings is 1. The Balaban J connectivity index is 1.27. The first-order valence-electron chi connectivity index (χ1n) is 9.75. The fraction of sp³-hybridized carbons (Fsp3) is 0.550. The zero-order chi connectivity index (χ0) is 19.5. The summed E-state index contributed by atoms with van der Waals surface area (Å²) in [5, 5.41) is 11.4. The molecule has 1 aromatic heterocycles. The van der Waals surface area contributed by atoms with Crippen LogP contribution in [0.1, 0.15) is 54.9 Å². The minimum atomic E-state index is -0.0579. The third-order valence-electron chi connectivity index (χ3n) is 5.41. The van der Waals surface area contributed by atoms with E-state index in [2.05, 4.69) is 15.5 Å². The number of nitrogens with zero attached hydrogens (tertiary/aromatic N) is 3. The highest BCUT2D eigenvalue weighted by Crippen LogP contribution is 2.40. The van der Waals surface area contributed by atoms with Crippen molar-refractivity contribution in [2.45, 2.75) is 44.1 Å². The maximum atomic E-state index is 12.5. The van der Waals surface area contributed by atoms with Crippen molar-refractivity contribution in [3.63, 3.8) is 0 Å². The van der Waals surface area contributed by atoms with Crippen molar-refractivity contribution in [2.24, 2.45) is 0 Å². The first kappa shape index (κ1) is 18.6. The van der Waals surface area contributed by atoms with Crippen LogP contribution < -0.4 is 14.8 Å². The molecule has 1 saturated carbocycles. The summed E-state index contributed by atoms with van der Waals surface area (Å²) in [6.45, 7) is 1.81. The van der Waals surface area contributed by atoms with Gasteiger partial charge in [-0.3, -0.25) is 0 Å². The number of urea groups is 1. The van der Waals surface area contributed by atoms with Crippen LogP contribution in [0.25, 0.3) is 0 Å². The Labute approximate surface area is 164 Å². The van der Waals surface area contributed by atoms with Crippen LogP contribution in [0.5, 0.6) is 11.5 Å². The van der Waals surface area contributed by atoms with Crippen LogP contribution in [0.3, 0.4) is 0 Å². The third-order valence-corrected chi connectivity index (χ3v) is 5.41. The van der Waals surface area contributed by atoms with E-state index < -0.39 is 0 Å². The molecule has 1 aliphatic heterocycles. The molecular formula is C20H26N4O4. The Morgan fingerprint density at radius 2 is 1.71 bits per heavy atom. The highest BCUT2D eigenvalue weighted by Gasteiger charge is 2.32. The molecule has 0 spiro atoms. The van der Waals surface area contributed by atoms with Crippen molar-refractivity contribution in [3.05, 3.63) is 35.5 Å². The maximum absolute atomic E-state index is 12.5. The van der Waals surface area contributed by atoms with Gasteiger partial charge >= 0.3 is 6.03 Å². The predicted octanol–water partition coefficient (Wildman–Crippen LogP) is 3.05. The zero-order valence-electron chi connectivity index (χ0n) is 16.3. The highest BCUT2D eigenvalue weighted by molar-refractivity contribution is 5.74. The van der Waals surface area contributed by atoms with Gasteiger partial charge < -0.3 is 24.1 Å². The van der Waals surface area contributed by atoms with Gasteiger partial charge in [0.15, 0.2) is 11.5 Å². The van der Waals surface area contributed by atoms with Gasteiger partial charge in [-0.25, -0.2) is 4.79 Å². The van der Waals surface area contributed by atoms with E-state index in [1.807, 2.05) is 23.1 Å². The highest BCUT2D eigenvalue weighted by atomic mass is 16.5. The summed E-state index contributed by atoms with van der Waals surface area (Å²) >= 11 is 0. The standard InChI is InChI=1S/C20H26N4O4/c1-26-16-6-3-13(11-17(16)27-2)12-21-20(25)24-9-7-15(8-10-24)19-23-22-18(28-19)14-4-5-14/h3,6,11,14-15H,4-5,7-10,12H2,1-2H3,(H,21,25). The summed E-state index contributed by atoms with van der Waals surface area (Å²) in [5.41, 5.74) is 0.958. The summed E-state index contributed by atoms with van der Waals surface area (Å²) in [6.07, 6.45) is 3.99. The smallest absolute Gasteiger partial charge is 0.317 e. The predicted molar refractivity (Wildman–Crippen MR) is 102 cm³/mol. The lowest BCUT2D eigenvalue weighted by Crippen LogP contribution is -2.43. The summed E-state index contributed by atoms with van der Waals surface area (Å²) in [5.74, 6) is 3.56. The van der Waals surface area contributed by atoms with Crippen molar-refractivity contribution in [2.75, 3.05) is 27.3 Å². The summed E-state index contributed by atoms with van der Waals surface area (Å²) in [7, 11) is 3.20. The van der Waals surface area contributed by atoms with E-state index in [4.69, 9.17) is 13.9 Å². The molecule has 28 heavy (non-hydrogen) atoms. The number of ether oxygens (including phenoxy) is 2. The normalized spacial score (nSPS) is 17.4. The Morgan fingerprint density at radius 3 is 2.32 bits per heavy atom. The molecule has 1 aromatic carbocycles. The summed E-state index contributed by atoms with van der Waals surface area (Å²) in [4.78, 5) is 14.3. The number of piperidine rings is 1. The zero-order valence-corrected chi connectivity index (χ0v) is 16.3. The number of aromatic nitrogens is 2. The second-order valence-corrected chi connectivity index (χ2v) is 7.36. The molecule has 0 radical (unpaired) electrons. The van der Waals surface area contributed by atoms with Crippen LogP contribution in [0.2, 0.25) is 0 Å². The van der Waals surface area contributed by atoms with Gasteiger partial charge in [-0.1, -0.05) is 6.07 Å². The molecular weight excluding hydrogens is 360 g/mol. The molecule has 2 fully saturated rings. The van der Waals surface area contributed by atoms with Gasteiger partial charge in [-0.2, -0.15) is 0 Å². The lowest BCUT2D eigenvalue weighted by atomic mass is 9.97. The van der Waals surface area contributed by atoms with Gasteiger partial charge in [0.05, 0.1) is 14.2 Å². The fourth-order valence-electron chi connectivity index (χ4n) is 3.52. The van der Waals surface area contributed by atoms with E-state index in [0.29, 0.717) is 37.1 Å². The number of hydrogen-bond acceptors (Lipinski definition) is 6. The van der Waals surface area contributed by atoms with Gasteiger partial charge in [0.2, 0.25) is 11.8 Å². The molecule has 0 atom stereocenters. The Bertz CT molecular complexity index is 825. The molecule has 150 valence electrons. The van der Waals surface area contributed by atoms with E-state index in [1.165, 1.54) is 0 Å². The van der Waals surface area contributed by atoms with Crippen LogP contribution >= 0.6 is 0 Å². The number of methoxy groups -OCH3 is 2. The topological polar surface area (TPSA) is 89.7 Å². The fourth-order valence-corrected chi connectivity index (χ4v) is 3.52. The molecule has 4 rings (SSSR count). The average molecular weight is 386 g/mol. The SMILES string of the molecule is COc1ccc(CNC(=O)N2CCC(c3nnc(C4CC4)o3)CC2)cc1OC. The van der Waals surface area contributed by atoms with E-state index in [-0.39, 0.29) is 11.9 Å². The number of rotatable bonds is 6. The Morgan fingerprint density at radius 1 is 1.07 bits per heavy atom. The molecule has 2 aromatic rings. The van der Waals surface area contributed by atoms with Gasteiger partial charge in [0.25, 0.3) is 0 Å². The van der Waals surface area contributed by atoms with E-state index in [0.717, 1.165) is 43.0 Å². The average Bonchev–Trinajstić information content (AvgIpc) is 3.48. The van der Waals surface area contributed by atoms with Crippen LogP contribution in [-0.4, -0.2) is 48.4 Å². The van der Waals surface area contributed by atoms with Crippen LogP contribution in [0.15, 0.2) is 22.6 Å². The minimum Gasteiger partial charge on any atom is -0.493 e. The van der Waals surface area contributed by atoms with Crippen molar-refractivity contribution in [1.29, 1.82) is 0 Å². The lowest BCUT2D eigenvalue weighted by Gasteiger charge is -2.30. The molecule has 1 aliphatic carbocycles.